The maximum absolute atomic E-state index is 13.0. The summed E-state index contributed by atoms with van der Waals surface area (Å²) in [6.07, 6.45) is 1.11. The fourth-order valence-corrected chi connectivity index (χ4v) is 3.50. The lowest BCUT2D eigenvalue weighted by molar-refractivity contribution is -0.158. The number of esters is 1. The number of methoxy groups -OCH3 is 1. The van der Waals surface area contributed by atoms with Gasteiger partial charge in [0.2, 0.25) is 5.54 Å². The topological polar surface area (TPSA) is 78.0 Å². The van der Waals surface area contributed by atoms with Gasteiger partial charge in [-0.2, -0.15) is 0 Å². The first kappa shape index (κ1) is 18.4. The molecule has 140 valence electrons. The van der Waals surface area contributed by atoms with Gasteiger partial charge in [-0.05, 0) is 19.1 Å². The number of rotatable bonds is 4. The summed E-state index contributed by atoms with van der Waals surface area (Å²) in [5, 5.41) is 0. The zero-order valence-electron chi connectivity index (χ0n) is 15.7. The first-order valence-electron chi connectivity index (χ1n) is 8.51. The third kappa shape index (κ3) is 2.67. The lowest BCUT2D eigenvalue weighted by Gasteiger charge is -2.37. The van der Waals surface area contributed by atoms with E-state index in [0.29, 0.717) is 11.3 Å². The predicted molar refractivity (Wildman–Crippen MR) is 92.5 cm³/mol. The van der Waals surface area contributed by atoms with Gasteiger partial charge in [0.25, 0.3) is 5.91 Å². The number of amides is 1. The van der Waals surface area contributed by atoms with Crippen LogP contribution in [-0.4, -0.2) is 47.2 Å². The Kier molecular flexibility index (Phi) is 4.52. The fourth-order valence-electron chi connectivity index (χ4n) is 3.50. The van der Waals surface area contributed by atoms with Gasteiger partial charge in [0.1, 0.15) is 18.6 Å². The van der Waals surface area contributed by atoms with Crippen molar-refractivity contribution in [1.82, 2.24) is 9.88 Å². The molecule has 2 aliphatic rings. The number of hydrogen-bond donors (Lipinski definition) is 0. The number of fused-ring (bicyclic) bond motifs is 1. The number of nitrogens with zero attached hydrogens (tertiary/aromatic N) is 2. The summed E-state index contributed by atoms with van der Waals surface area (Å²) >= 11 is 0. The molecule has 0 radical (unpaired) electrons. The van der Waals surface area contributed by atoms with Crippen LogP contribution >= 0.6 is 0 Å². The summed E-state index contributed by atoms with van der Waals surface area (Å²) in [5.41, 5.74) is -0.668. The monoisotopic (exact) mass is 360 g/mol. The van der Waals surface area contributed by atoms with Crippen LogP contribution in [0.5, 0.6) is 0 Å². The van der Waals surface area contributed by atoms with Crippen molar-refractivity contribution in [2.24, 2.45) is 5.41 Å². The minimum atomic E-state index is -1.39. The highest BCUT2D eigenvalue weighted by molar-refractivity contribution is 6.05. The third-order valence-corrected chi connectivity index (χ3v) is 4.71. The van der Waals surface area contributed by atoms with Crippen molar-refractivity contribution < 1.29 is 23.8 Å². The fraction of sp³-hybridized carbons (Fsp3) is 0.526. The first-order chi connectivity index (χ1) is 12.2. The van der Waals surface area contributed by atoms with Crippen molar-refractivity contribution >= 4 is 11.9 Å². The van der Waals surface area contributed by atoms with Crippen LogP contribution in [0.25, 0.3) is 0 Å². The molecule has 26 heavy (non-hydrogen) atoms. The number of carbonyl (C=O) groups is 2. The van der Waals surface area contributed by atoms with E-state index in [4.69, 9.17) is 14.2 Å². The Morgan fingerprint density at radius 2 is 2.15 bits per heavy atom. The molecule has 0 spiro atoms. The molecule has 0 N–H and O–H groups in total. The van der Waals surface area contributed by atoms with Gasteiger partial charge in [0.05, 0.1) is 25.0 Å². The second kappa shape index (κ2) is 6.39. The van der Waals surface area contributed by atoms with Crippen LogP contribution in [0.2, 0.25) is 0 Å². The number of carbonyl (C=O) groups excluding carboxylic acids is 2. The molecule has 3 heterocycles. The maximum Gasteiger partial charge on any atom is 0.342 e. The van der Waals surface area contributed by atoms with E-state index in [0.717, 1.165) is 0 Å². The summed E-state index contributed by atoms with van der Waals surface area (Å²) in [4.78, 5) is 31.4. The molecule has 2 atom stereocenters. The summed E-state index contributed by atoms with van der Waals surface area (Å²) < 4.78 is 16.9. The van der Waals surface area contributed by atoms with Gasteiger partial charge in [-0.1, -0.05) is 26.8 Å². The van der Waals surface area contributed by atoms with Crippen molar-refractivity contribution in [3.8, 4) is 0 Å². The molecule has 2 aliphatic heterocycles. The van der Waals surface area contributed by atoms with Crippen molar-refractivity contribution in [1.29, 1.82) is 0 Å². The molecule has 0 unspecified atom stereocenters. The van der Waals surface area contributed by atoms with Crippen molar-refractivity contribution in [3.63, 3.8) is 0 Å². The highest BCUT2D eigenvalue weighted by atomic mass is 16.6. The van der Waals surface area contributed by atoms with Crippen LogP contribution in [0.4, 0.5) is 0 Å². The molecular formula is C19H24N2O5. The van der Waals surface area contributed by atoms with Crippen LogP contribution in [-0.2, 0) is 30.4 Å². The summed E-state index contributed by atoms with van der Waals surface area (Å²) in [5.74, 6) is -0.555. The smallest absolute Gasteiger partial charge is 0.342 e. The average Bonchev–Trinajstić information content (AvgIpc) is 3.10. The van der Waals surface area contributed by atoms with E-state index in [-0.39, 0.29) is 30.3 Å². The van der Waals surface area contributed by atoms with Crippen LogP contribution in [0.15, 0.2) is 35.7 Å². The normalized spacial score (nSPS) is 25.5. The lowest BCUT2D eigenvalue weighted by atomic mass is 9.91. The minimum absolute atomic E-state index is 0.00222. The van der Waals surface area contributed by atoms with Gasteiger partial charge in [-0.3, -0.25) is 14.7 Å². The van der Waals surface area contributed by atoms with Crippen molar-refractivity contribution in [2.45, 2.75) is 46.1 Å². The Morgan fingerprint density at radius 3 is 2.73 bits per heavy atom. The largest absolute Gasteiger partial charge is 0.488 e. The van der Waals surface area contributed by atoms with Crippen molar-refractivity contribution in [3.05, 3.63) is 41.4 Å². The Hall–Kier alpha value is -2.41. The molecular weight excluding hydrogens is 336 g/mol. The highest BCUT2D eigenvalue weighted by Gasteiger charge is 2.66. The summed E-state index contributed by atoms with van der Waals surface area (Å²) in [7, 11) is 1.30. The Morgan fingerprint density at radius 1 is 1.42 bits per heavy atom. The molecule has 1 amide bonds. The van der Waals surface area contributed by atoms with Gasteiger partial charge in [0.15, 0.2) is 0 Å². The quantitative estimate of drug-likeness (QED) is 0.765. The summed E-state index contributed by atoms with van der Waals surface area (Å²) in [6.45, 7) is 7.69. The van der Waals surface area contributed by atoms with E-state index in [2.05, 4.69) is 4.98 Å². The molecule has 1 fully saturated rings. The van der Waals surface area contributed by atoms with Gasteiger partial charge >= 0.3 is 5.97 Å². The molecule has 1 aromatic heterocycles. The molecule has 7 heteroatoms. The predicted octanol–water partition coefficient (Wildman–Crippen LogP) is 2.03. The van der Waals surface area contributed by atoms with E-state index >= 15 is 0 Å². The third-order valence-electron chi connectivity index (χ3n) is 4.71. The second-order valence-corrected chi connectivity index (χ2v) is 7.62. The number of hydrogen-bond acceptors (Lipinski definition) is 6. The lowest BCUT2D eigenvalue weighted by Crippen LogP contribution is -2.57. The van der Waals surface area contributed by atoms with E-state index < -0.39 is 17.7 Å². The van der Waals surface area contributed by atoms with E-state index in [1.54, 1.807) is 13.1 Å². The van der Waals surface area contributed by atoms with E-state index in [1.165, 1.54) is 12.0 Å². The standard InChI is InChI=1S/C19H24N2O5/c1-12-14(25-10-13-8-6-7-9-20-13)19(17(23)24-5)11-26-16(18(2,3)4)21(19)15(12)22/h6-9,16H,10-11H2,1-5H3/t16-,19-/m1/s1. The van der Waals surface area contributed by atoms with Gasteiger partial charge < -0.3 is 14.2 Å². The molecule has 0 bridgehead atoms. The highest BCUT2D eigenvalue weighted by Crippen LogP contribution is 2.47. The van der Waals surface area contributed by atoms with E-state index in [1.807, 2.05) is 39.0 Å². The minimum Gasteiger partial charge on any atom is -0.488 e. The number of aromatic nitrogens is 1. The van der Waals surface area contributed by atoms with E-state index in [9.17, 15) is 9.59 Å². The maximum atomic E-state index is 13.0. The zero-order chi connectivity index (χ0) is 19.1. The molecule has 7 nitrogen and oxygen atoms in total. The molecule has 1 aromatic rings. The SMILES string of the molecule is COC(=O)[C@]12CO[C@H](C(C)(C)C)N1C(=O)C(C)=C2OCc1ccccn1. The molecule has 3 rings (SSSR count). The number of pyridine rings is 1. The molecule has 1 saturated heterocycles. The zero-order valence-corrected chi connectivity index (χ0v) is 15.7. The number of ether oxygens (including phenoxy) is 3. The Labute approximate surface area is 152 Å². The molecule has 0 saturated carbocycles. The van der Waals surface area contributed by atoms with Gasteiger partial charge in [-0.25, -0.2) is 4.79 Å². The Bertz CT molecular complexity index is 753. The molecule has 0 aliphatic carbocycles. The van der Waals surface area contributed by atoms with Crippen LogP contribution in [0.1, 0.15) is 33.4 Å². The van der Waals surface area contributed by atoms with Gasteiger partial charge in [0, 0.05) is 11.6 Å². The van der Waals surface area contributed by atoms with Crippen molar-refractivity contribution in [2.75, 3.05) is 13.7 Å². The van der Waals surface area contributed by atoms with Crippen LogP contribution < -0.4 is 0 Å². The van der Waals surface area contributed by atoms with Crippen LogP contribution in [0.3, 0.4) is 0 Å². The average molecular weight is 360 g/mol. The second-order valence-electron chi connectivity index (χ2n) is 7.62. The molecule has 0 aromatic carbocycles. The van der Waals surface area contributed by atoms with Gasteiger partial charge in [-0.15, -0.1) is 0 Å². The Balaban J connectivity index is 1.99. The van der Waals surface area contributed by atoms with Crippen LogP contribution in [0, 0.1) is 5.41 Å². The summed E-state index contributed by atoms with van der Waals surface area (Å²) in [6, 6.07) is 5.48. The first-order valence-corrected chi connectivity index (χ1v) is 8.51.